The third kappa shape index (κ3) is 6.04. The van der Waals surface area contributed by atoms with E-state index in [-0.39, 0.29) is 11.1 Å². The van der Waals surface area contributed by atoms with Gasteiger partial charge in [0.25, 0.3) is 11.1 Å². The van der Waals surface area contributed by atoms with Crippen LogP contribution >= 0.6 is 11.8 Å². The van der Waals surface area contributed by atoms with E-state index in [0.29, 0.717) is 41.4 Å². The van der Waals surface area contributed by atoms with Crippen molar-refractivity contribution in [2.45, 2.75) is 0 Å². The lowest BCUT2D eigenvalue weighted by Gasteiger charge is -2.17. The summed E-state index contributed by atoms with van der Waals surface area (Å²) in [6.07, 6.45) is 3.31. The van der Waals surface area contributed by atoms with Crippen molar-refractivity contribution in [2.24, 2.45) is 0 Å². The average molecular weight is 479 g/mol. The molecule has 3 aromatic rings. The molecule has 0 aliphatic carbocycles. The van der Waals surface area contributed by atoms with Crippen LogP contribution in [0.15, 0.2) is 65.7 Å². The van der Waals surface area contributed by atoms with E-state index < -0.39 is 0 Å². The summed E-state index contributed by atoms with van der Waals surface area (Å²) in [5, 5.41) is 1.88. The molecule has 2 aromatic carbocycles. The number of carbonyl (C=O) groups excluding carboxylic acids is 2. The van der Waals surface area contributed by atoms with Gasteiger partial charge in [-0.25, -0.2) is 4.98 Å². The summed E-state index contributed by atoms with van der Waals surface area (Å²) in [5.41, 5.74) is 0.805. The molecule has 1 saturated heterocycles. The highest BCUT2D eigenvalue weighted by Crippen LogP contribution is 2.26. The van der Waals surface area contributed by atoms with Crippen LogP contribution in [0.5, 0.6) is 23.1 Å². The number of thioether (sulfide) groups is 1. The third-order valence-corrected chi connectivity index (χ3v) is 5.57. The zero-order valence-corrected chi connectivity index (χ0v) is 19.4. The van der Waals surface area contributed by atoms with Crippen LogP contribution in [-0.4, -0.2) is 48.4 Å². The number of anilines is 1. The largest absolute Gasteiger partial charge is 0.497 e. The number of hydrogen-bond acceptors (Lipinski definition) is 9. The van der Waals surface area contributed by atoms with Crippen LogP contribution in [0.25, 0.3) is 6.08 Å². The number of benzene rings is 2. The number of aromatic nitrogens is 2. The normalized spacial score (nSPS) is 14.1. The van der Waals surface area contributed by atoms with Crippen molar-refractivity contribution in [1.82, 2.24) is 15.3 Å². The Kier molecular flexibility index (Phi) is 7.28. The molecule has 0 atom stereocenters. The number of imide groups is 1. The van der Waals surface area contributed by atoms with E-state index in [2.05, 4.69) is 15.3 Å². The van der Waals surface area contributed by atoms with Gasteiger partial charge in [0.1, 0.15) is 23.9 Å². The van der Waals surface area contributed by atoms with Crippen molar-refractivity contribution in [3.8, 4) is 23.1 Å². The zero-order chi connectivity index (χ0) is 23.9. The van der Waals surface area contributed by atoms with Gasteiger partial charge in [0.05, 0.1) is 18.6 Å². The molecule has 2 heterocycles. The Labute approximate surface area is 200 Å². The van der Waals surface area contributed by atoms with E-state index in [0.717, 1.165) is 23.1 Å². The first-order chi connectivity index (χ1) is 16.5. The van der Waals surface area contributed by atoms with Crippen molar-refractivity contribution < 1.29 is 23.8 Å². The van der Waals surface area contributed by atoms with Gasteiger partial charge in [0.2, 0.25) is 11.8 Å². The van der Waals surface area contributed by atoms with Crippen LogP contribution in [0.1, 0.15) is 5.56 Å². The minimum absolute atomic E-state index is 0.359. The van der Waals surface area contributed by atoms with Crippen LogP contribution in [0.4, 0.5) is 10.7 Å². The highest BCUT2D eigenvalue weighted by molar-refractivity contribution is 8.18. The van der Waals surface area contributed by atoms with Gasteiger partial charge in [-0.3, -0.25) is 14.9 Å². The first kappa shape index (κ1) is 23.1. The molecule has 0 bridgehead atoms. The van der Waals surface area contributed by atoms with E-state index in [1.807, 2.05) is 48.3 Å². The monoisotopic (exact) mass is 478 g/mol. The maximum Gasteiger partial charge on any atom is 0.290 e. The van der Waals surface area contributed by atoms with Crippen molar-refractivity contribution in [3.63, 3.8) is 0 Å². The molecular formula is C24H22N4O5S. The fraction of sp³-hybridized carbons (Fsp3) is 0.167. The van der Waals surface area contributed by atoms with Crippen molar-refractivity contribution in [1.29, 1.82) is 0 Å². The van der Waals surface area contributed by atoms with Gasteiger partial charge >= 0.3 is 0 Å². The zero-order valence-electron chi connectivity index (χ0n) is 18.6. The maximum absolute atomic E-state index is 11.6. The van der Waals surface area contributed by atoms with Gasteiger partial charge in [-0.15, -0.1) is 0 Å². The highest BCUT2D eigenvalue weighted by atomic mass is 32.2. The number of likely N-dealkylation sites (N-methyl/N-ethyl adjacent to an activating group) is 1. The molecule has 174 valence electrons. The summed E-state index contributed by atoms with van der Waals surface area (Å²) in [6, 6.07) is 16.2. The van der Waals surface area contributed by atoms with Crippen LogP contribution in [0, 0.1) is 0 Å². The van der Waals surface area contributed by atoms with Crippen LogP contribution < -0.4 is 24.4 Å². The summed E-state index contributed by atoms with van der Waals surface area (Å²) in [4.78, 5) is 33.9. The second-order valence-electron chi connectivity index (χ2n) is 7.16. The molecule has 1 aliphatic heterocycles. The second kappa shape index (κ2) is 10.7. The Morgan fingerprint density at radius 3 is 2.38 bits per heavy atom. The molecule has 4 rings (SSSR count). The number of ether oxygens (including phenoxy) is 3. The Balaban J connectivity index is 1.28. The Hall–Kier alpha value is -4.05. The summed E-state index contributed by atoms with van der Waals surface area (Å²) in [5.74, 6) is 2.65. The Morgan fingerprint density at radius 2 is 1.71 bits per heavy atom. The topological polar surface area (TPSA) is 103 Å². The molecule has 1 aromatic heterocycles. The first-order valence-corrected chi connectivity index (χ1v) is 11.2. The van der Waals surface area contributed by atoms with E-state index in [4.69, 9.17) is 14.2 Å². The number of nitrogens with zero attached hydrogens (tertiary/aromatic N) is 3. The molecule has 1 N–H and O–H groups in total. The standard InChI is InChI=1S/C24H22N4O5S/c1-28(23-25-12-11-21(26-23)33-19-9-7-17(31-2)8-10-19)13-14-32-18-5-3-16(4-6-18)15-20-22(29)27-24(30)34-20/h3-12,15H,13-14H2,1-2H3,(H,27,29,30)/b20-15-. The van der Waals surface area contributed by atoms with E-state index in [1.54, 1.807) is 37.6 Å². The Bertz CT molecular complexity index is 1200. The lowest BCUT2D eigenvalue weighted by molar-refractivity contribution is -0.115. The Morgan fingerprint density at radius 1 is 1.00 bits per heavy atom. The highest BCUT2D eigenvalue weighted by Gasteiger charge is 2.24. The number of carbonyl (C=O) groups is 2. The summed E-state index contributed by atoms with van der Waals surface area (Å²) < 4.78 is 16.8. The summed E-state index contributed by atoms with van der Waals surface area (Å²) in [6.45, 7) is 0.966. The lowest BCUT2D eigenvalue weighted by atomic mass is 10.2. The maximum atomic E-state index is 11.6. The van der Waals surface area contributed by atoms with Gasteiger partial charge < -0.3 is 19.1 Å². The molecule has 34 heavy (non-hydrogen) atoms. The number of hydrogen-bond donors (Lipinski definition) is 1. The fourth-order valence-corrected chi connectivity index (χ4v) is 3.65. The van der Waals surface area contributed by atoms with E-state index >= 15 is 0 Å². The molecule has 10 heteroatoms. The predicted molar refractivity (Wildman–Crippen MR) is 129 cm³/mol. The van der Waals surface area contributed by atoms with Gasteiger partial charge in [-0.1, -0.05) is 12.1 Å². The van der Waals surface area contributed by atoms with Crippen molar-refractivity contribution in [3.05, 3.63) is 71.3 Å². The molecular weight excluding hydrogens is 456 g/mol. The summed E-state index contributed by atoms with van der Waals surface area (Å²) >= 11 is 0.889. The van der Waals surface area contributed by atoms with Crippen molar-refractivity contribution >= 4 is 34.9 Å². The van der Waals surface area contributed by atoms with Gasteiger partial charge in [0.15, 0.2) is 0 Å². The number of nitrogens with one attached hydrogen (secondary N) is 1. The molecule has 0 unspecified atom stereocenters. The van der Waals surface area contributed by atoms with Gasteiger partial charge in [-0.2, -0.15) is 4.98 Å². The SMILES string of the molecule is COc1ccc(Oc2ccnc(N(C)CCOc3ccc(/C=C4\SC(=O)NC4=O)cc3)n2)cc1. The molecule has 1 aliphatic rings. The minimum Gasteiger partial charge on any atom is -0.497 e. The van der Waals surface area contributed by atoms with E-state index in [9.17, 15) is 9.59 Å². The molecule has 1 fully saturated rings. The number of amides is 2. The first-order valence-electron chi connectivity index (χ1n) is 10.3. The average Bonchev–Trinajstić information content (AvgIpc) is 3.17. The van der Waals surface area contributed by atoms with Crippen LogP contribution in [-0.2, 0) is 4.79 Å². The predicted octanol–water partition coefficient (Wildman–Crippen LogP) is 4.12. The van der Waals surface area contributed by atoms with Gasteiger partial charge in [-0.05, 0) is 59.8 Å². The minimum atomic E-state index is -0.376. The van der Waals surface area contributed by atoms with E-state index in [1.165, 1.54) is 0 Å². The second-order valence-corrected chi connectivity index (χ2v) is 8.18. The molecule has 0 spiro atoms. The summed E-state index contributed by atoms with van der Waals surface area (Å²) in [7, 11) is 3.48. The lowest BCUT2D eigenvalue weighted by Crippen LogP contribution is -2.25. The van der Waals surface area contributed by atoms with Crippen LogP contribution in [0.2, 0.25) is 0 Å². The molecule has 2 amide bonds. The molecule has 0 radical (unpaired) electrons. The molecule has 0 saturated carbocycles. The number of methoxy groups -OCH3 is 1. The van der Waals surface area contributed by atoms with Crippen LogP contribution in [0.3, 0.4) is 0 Å². The third-order valence-electron chi connectivity index (χ3n) is 4.76. The van der Waals surface area contributed by atoms with Gasteiger partial charge in [0, 0.05) is 19.3 Å². The smallest absolute Gasteiger partial charge is 0.290 e. The van der Waals surface area contributed by atoms with Crippen molar-refractivity contribution in [2.75, 3.05) is 32.2 Å². The molecule has 9 nitrogen and oxygen atoms in total. The fourth-order valence-electron chi connectivity index (χ4n) is 2.97. The quantitative estimate of drug-likeness (QED) is 0.455. The number of rotatable bonds is 9.